The van der Waals surface area contributed by atoms with Crippen molar-refractivity contribution in [3.05, 3.63) is 0 Å². The van der Waals surface area contributed by atoms with E-state index in [-0.39, 0.29) is 0 Å². The van der Waals surface area contributed by atoms with Gasteiger partial charge in [0.1, 0.15) is 6.04 Å². The molecule has 0 saturated carbocycles. The van der Waals surface area contributed by atoms with Crippen molar-refractivity contribution in [3.63, 3.8) is 0 Å². The van der Waals surface area contributed by atoms with E-state index in [2.05, 4.69) is 5.32 Å². The number of rotatable bonds is 3. The lowest BCUT2D eigenvalue weighted by Crippen LogP contribution is -2.40. The molecule has 0 aliphatic heterocycles. The molecule has 0 radical (unpaired) electrons. The van der Waals surface area contributed by atoms with Crippen LogP contribution < -0.4 is 5.32 Å². The normalized spacial score (nSPS) is 12.7. The maximum Gasteiger partial charge on any atom is 0.325 e. The third-order valence-corrected chi connectivity index (χ3v) is 1.32. The molecular weight excluding hydrogens is 193 g/mol. The Kier molecular flexibility index (Phi) is 4.22. The summed E-state index contributed by atoms with van der Waals surface area (Å²) in [5.41, 5.74) is 0. The number of carbonyl (C=O) groups is 2. The number of hydrogen-bond donors (Lipinski definition) is 2. The Labute approximate surface area is 73.5 Å². The molecule has 0 heterocycles. The summed E-state index contributed by atoms with van der Waals surface area (Å²) in [6.45, 7) is 1.32. The molecule has 0 spiro atoms. The zero-order valence-corrected chi connectivity index (χ0v) is 7.19. The van der Waals surface area contributed by atoms with Crippen molar-refractivity contribution in [2.75, 3.05) is 0 Å². The molecule has 11 heavy (non-hydrogen) atoms. The van der Waals surface area contributed by atoms with Crippen LogP contribution in [0.15, 0.2) is 0 Å². The zero-order chi connectivity index (χ0) is 9.02. The minimum Gasteiger partial charge on any atom is -0.480 e. The number of halogens is 2. The van der Waals surface area contributed by atoms with E-state index in [0.29, 0.717) is 0 Å². The molecule has 6 heteroatoms. The van der Waals surface area contributed by atoms with Gasteiger partial charge in [0.15, 0.2) is 4.84 Å². The third-order valence-electron chi connectivity index (χ3n) is 0.927. The predicted octanol–water partition coefficient (Wildman–Crippen LogP) is 0.379. The molecule has 0 aromatic heterocycles. The van der Waals surface area contributed by atoms with Gasteiger partial charge in [-0.2, -0.15) is 0 Å². The molecule has 0 fully saturated rings. The average molecular weight is 200 g/mol. The monoisotopic (exact) mass is 199 g/mol. The fourth-order valence-corrected chi connectivity index (χ4v) is 0.464. The van der Waals surface area contributed by atoms with Gasteiger partial charge in [-0.15, -0.1) is 0 Å². The smallest absolute Gasteiger partial charge is 0.325 e. The van der Waals surface area contributed by atoms with Crippen molar-refractivity contribution in [1.82, 2.24) is 5.32 Å². The van der Waals surface area contributed by atoms with Crippen LogP contribution in [0, 0.1) is 0 Å². The predicted molar refractivity (Wildman–Crippen MR) is 40.7 cm³/mol. The van der Waals surface area contributed by atoms with Gasteiger partial charge >= 0.3 is 5.97 Å². The first-order chi connectivity index (χ1) is 4.95. The minimum atomic E-state index is -1.23. The van der Waals surface area contributed by atoms with E-state index in [9.17, 15) is 9.59 Å². The Balaban J connectivity index is 3.85. The lowest BCUT2D eigenvalue weighted by molar-refractivity contribution is -0.141. The molecule has 0 aliphatic carbocycles. The number of carboxylic acids is 1. The van der Waals surface area contributed by atoms with E-state index in [1.165, 1.54) is 6.92 Å². The second-order valence-corrected chi connectivity index (χ2v) is 2.97. The molecule has 0 aliphatic rings. The highest BCUT2D eigenvalue weighted by molar-refractivity contribution is 6.53. The van der Waals surface area contributed by atoms with Crippen LogP contribution in [0.4, 0.5) is 0 Å². The van der Waals surface area contributed by atoms with Crippen LogP contribution >= 0.6 is 23.2 Å². The van der Waals surface area contributed by atoms with Crippen LogP contribution in [0.2, 0.25) is 0 Å². The summed E-state index contributed by atoms with van der Waals surface area (Å²) in [6.07, 6.45) is 0. The number of amides is 1. The summed E-state index contributed by atoms with van der Waals surface area (Å²) in [5, 5.41) is 10.4. The highest BCUT2D eigenvalue weighted by atomic mass is 35.5. The first-order valence-electron chi connectivity index (χ1n) is 2.76. The summed E-state index contributed by atoms with van der Waals surface area (Å²) >= 11 is 10.3. The van der Waals surface area contributed by atoms with Gasteiger partial charge in [0.2, 0.25) is 0 Å². The standard InChI is InChI=1S/C5H7Cl2NO3/c1-2(5(10)11)8-4(9)3(6)7/h2-3H,1H3,(H,8,9)(H,10,11). The number of aliphatic carboxylic acids is 1. The Hall–Kier alpha value is -0.480. The molecule has 1 atom stereocenters. The largest absolute Gasteiger partial charge is 0.480 e. The summed E-state index contributed by atoms with van der Waals surface area (Å²) in [4.78, 5) is 19.6. The second kappa shape index (κ2) is 4.41. The van der Waals surface area contributed by atoms with Crippen molar-refractivity contribution in [1.29, 1.82) is 0 Å². The molecule has 4 nitrogen and oxygen atoms in total. The topological polar surface area (TPSA) is 66.4 Å². The van der Waals surface area contributed by atoms with Gasteiger partial charge in [-0.1, -0.05) is 23.2 Å². The first kappa shape index (κ1) is 10.5. The van der Waals surface area contributed by atoms with E-state index >= 15 is 0 Å². The van der Waals surface area contributed by atoms with E-state index in [4.69, 9.17) is 28.3 Å². The van der Waals surface area contributed by atoms with Crippen molar-refractivity contribution < 1.29 is 14.7 Å². The Morgan fingerprint density at radius 2 is 1.91 bits per heavy atom. The van der Waals surface area contributed by atoms with Crippen LogP contribution in [0.5, 0.6) is 0 Å². The number of carboxylic acid groups (broad SMARTS) is 1. The number of alkyl halides is 2. The Morgan fingerprint density at radius 3 is 2.18 bits per heavy atom. The van der Waals surface area contributed by atoms with E-state index in [1.54, 1.807) is 0 Å². The molecular formula is C5H7Cl2NO3. The van der Waals surface area contributed by atoms with Crippen molar-refractivity contribution in [2.24, 2.45) is 0 Å². The molecule has 0 rings (SSSR count). The molecule has 0 aromatic rings. The van der Waals surface area contributed by atoms with E-state index in [0.717, 1.165) is 0 Å². The molecule has 0 saturated heterocycles. The minimum absolute atomic E-state index is 0.705. The van der Waals surface area contributed by atoms with Crippen LogP contribution in [-0.4, -0.2) is 27.9 Å². The lowest BCUT2D eigenvalue weighted by Gasteiger charge is -2.08. The average Bonchev–Trinajstić information content (AvgIpc) is 1.87. The fourth-order valence-electron chi connectivity index (χ4n) is 0.338. The second-order valence-electron chi connectivity index (χ2n) is 1.87. The van der Waals surface area contributed by atoms with Crippen molar-refractivity contribution in [2.45, 2.75) is 17.8 Å². The van der Waals surface area contributed by atoms with Crippen molar-refractivity contribution >= 4 is 35.1 Å². The Bertz CT molecular complexity index is 171. The molecule has 0 bridgehead atoms. The Morgan fingerprint density at radius 1 is 1.45 bits per heavy atom. The summed E-state index contributed by atoms with van der Waals surface area (Å²) in [7, 11) is 0. The number of hydrogen-bond acceptors (Lipinski definition) is 2. The zero-order valence-electron chi connectivity index (χ0n) is 5.67. The third kappa shape index (κ3) is 4.06. The van der Waals surface area contributed by atoms with Gasteiger partial charge in [0.05, 0.1) is 0 Å². The van der Waals surface area contributed by atoms with E-state index < -0.39 is 22.8 Å². The van der Waals surface area contributed by atoms with Crippen LogP contribution in [0.25, 0.3) is 0 Å². The summed E-state index contributed by atoms with van der Waals surface area (Å²) < 4.78 is 0. The summed E-state index contributed by atoms with van der Waals surface area (Å²) in [6, 6.07) is -0.970. The summed E-state index contributed by atoms with van der Waals surface area (Å²) in [5.74, 6) is -1.84. The quantitative estimate of drug-likeness (QED) is 0.647. The maximum absolute atomic E-state index is 10.6. The first-order valence-corrected chi connectivity index (χ1v) is 3.63. The fraction of sp³-hybridized carbons (Fsp3) is 0.600. The van der Waals surface area contributed by atoms with Gasteiger partial charge < -0.3 is 10.4 Å². The molecule has 1 unspecified atom stereocenters. The molecule has 0 aromatic carbocycles. The molecule has 1 amide bonds. The maximum atomic E-state index is 10.6. The van der Waals surface area contributed by atoms with Crippen LogP contribution in [-0.2, 0) is 9.59 Å². The molecule has 2 N–H and O–H groups in total. The van der Waals surface area contributed by atoms with Gasteiger partial charge in [-0.25, -0.2) is 0 Å². The SMILES string of the molecule is CC(NC(=O)C(Cl)Cl)C(=O)O. The highest BCUT2D eigenvalue weighted by Crippen LogP contribution is 2.00. The molecule has 64 valence electrons. The van der Waals surface area contributed by atoms with E-state index in [1.807, 2.05) is 0 Å². The number of carbonyl (C=O) groups excluding carboxylic acids is 1. The lowest BCUT2D eigenvalue weighted by atomic mass is 10.3. The van der Waals surface area contributed by atoms with Crippen LogP contribution in [0.3, 0.4) is 0 Å². The van der Waals surface area contributed by atoms with Crippen molar-refractivity contribution in [3.8, 4) is 0 Å². The van der Waals surface area contributed by atoms with Gasteiger partial charge in [-0.05, 0) is 6.92 Å². The van der Waals surface area contributed by atoms with Gasteiger partial charge in [0, 0.05) is 0 Å². The van der Waals surface area contributed by atoms with Gasteiger partial charge in [-0.3, -0.25) is 9.59 Å². The highest BCUT2D eigenvalue weighted by Gasteiger charge is 2.17. The van der Waals surface area contributed by atoms with Crippen LogP contribution in [0.1, 0.15) is 6.92 Å². The van der Waals surface area contributed by atoms with Gasteiger partial charge in [0.25, 0.3) is 5.91 Å². The number of nitrogens with one attached hydrogen (secondary N) is 1.